The predicted octanol–water partition coefficient (Wildman–Crippen LogP) is 5.00. The Morgan fingerprint density at radius 3 is 2.53 bits per heavy atom. The molecule has 6 rings (SSSR count). The Balaban J connectivity index is 1.43. The first-order valence-corrected chi connectivity index (χ1v) is 11.6. The second-order valence-corrected chi connectivity index (χ2v) is 9.01. The van der Waals surface area contributed by atoms with Crippen LogP contribution in [0.4, 0.5) is 0 Å². The molecule has 0 bridgehead atoms. The lowest BCUT2D eigenvalue weighted by molar-refractivity contribution is -0.142. The van der Waals surface area contributed by atoms with Gasteiger partial charge in [-0.3, -0.25) is 14.9 Å². The van der Waals surface area contributed by atoms with Gasteiger partial charge in [-0.15, -0.1) is 0 Å². The van der Waals surface area contributed by atoms with Gasteiger partial charge in [0.15, 0.2) is 11.3 Å². The van der Waals surface area contributed by atoms with Crippen molar-refractivity contribution < 1.29 is 9.90 Å². The molecule has 0 radical (unpaired) electrons. The molecule has 1 aromatic carbocycles. The molecular weight excluding hydrogens is 428 g/mol. The quantitative estimate of drug-likeness (QED) is 0.397. The number of hydrogen-bond acceptors (Lipinski definition) is 5. The monoisotopic (exact) mass is 452 g/mol. The normalized spacial score (nSPS) is 18.5. The zero-order valence-corrected chi connectivity index (χ0v) is 18.8. The van der Waals surface area contributed by atoms with Crippen LogP contribution in [0.15, 0.2) is 54.9 Å². The van der Waals surface area contributed by atoms with E-state index in [1.807, 2.05) is 66.3 Å². The number of H-pyrrole nitrogens is 1. The molecule has 8 nitrogen and oxygen atoms in total. The molecule has 5 aromatic rings. The van der Waals surface area contributed by atoms with Crippen LogP contribution in [0.25, 0.3) is 39.1 Å². The summed E-state index contributed by atoms with van der Waals surface area (Å²) in [5.74, 6) is -0.766. The zero-order chi connectivity index (χ0) is 23.2. The van der Waals surface area contributed by atoms with E-state index in [0.717, 1.165) is 63.3 Å². The highest BCUT2D eigenvalue weighted by Gasteiger charge is 2.30. The summed E-state index contributed by atoms with van der Waals surface area (Å²) >= 11 is 0. The number of carboxylic acids is 1. The van der Waals surface area contributed by atoms with Gasteiger partial charge in [0.1, 0.15) is 0 Å². The lowest BCUT2D eigenvalue weighted by atomic mass is 9.79. The topological polar surface area (TPSA) is 109 Å². The minimum absolute atomic E-state index is 0.195. The van der Waals surface area contributed by atoms with E-state index < -0.39 is 5.97 Å². The van der Waals surface area contributed by atoms with E-state index in [1.165, 1.54) is 0 Å². The summed E-state index contributed by atoms with van der Waals surface area (Å²) in [6, 6.07) is 14.1. The van der Waals surface area contributed by atoms with Gasteiger partial charge in [-0.25, -0.2) is 4.98 Å². The second-order valence-electron chi connectivity index (χ2n) is 9.01. The smallest absolute Gasteiger partial charge is 0.306 e. The molecule has 170 valence electrons. The first-order chi connectivity index (χ1) is 16.6. The number of nitrogens with zero attached hydrogens (tertiary/aromatic N) is 5. The van der Waals surface area contributed by atoms with Crippen molar-refractivity contribution in [1.29, 1.82) is 0 Å². The van der Waals surface area contributed by atoms with Crippen molar-refractivity contribution in [2.45, 2.75) is 38.5 Å². The van der Waals surface area contributed by atoms with Crippen LogP contribution in [0.2, 0.25) is 0 Å². The number of fused-ring (bicyclic) bond motifs is 3. The maximum atomic E-state index is 11.4. The number of aromatic amines is 1. The van der Waals surface area contributed by atoms with E-state index in [2.05, 4.69) is 20.3 Å². The number of aliphatic carboxylic acids is 1. The van der Waals surface area contributed by atoms with Gasteiger partial charge < -0.3 is 5.11 Å². The summed E-state index contributed by atoms with van der Waals surface area (Å²) in [5.41, 5.74) is 7.26. The summed E-state index contributed by atoms with van der Waals surface area (Å²) in [5, 5.41) is 22.6. The van der Waals surface area contributed by atoms with Gasteiger partial charge in [0.05, 0.1) is 34.6 Å². The number of aryl methyl sites for hydroxylation is 1. The Kier molecular flexibility index (Phi) is 4.86. The molecule has 0 aliphatic heterocycles. The molecular formula is C26H24N6O2. The molecule has 1 fully saturated rings. The summed E-state index contributed by atoms with van der Waals surface area (Å²) in [6.45, 7) is 1.97. The van der Waals surface area contributed by atoms with E-state index >= 15 is 0 Å². The fourth-order valence-electron chi connectivity index (χ4n) is 5.11. The molecule has 1 saturated carbocycles. The number of carbonyl (C=O) groups is 1. The molecule has 0 amide bonds. The van der Waals surface area contributed by atoms with Crippen LogP contribution < -0.4 is 0 Å². The average molecular weight is 453 g/mol. The molecule has 1 aliphatic carbocycles. The summed E-state index contributed by atoms with van der Waals surface area (Å²) in [7, 11) is 0. The van der Waals surface area contributed by atoms with Crippen molar-refractivity contribution in [2.24, 2.45) is 5.92 Å². The number of hydrogen-bond donors (Lipinski definition) is 2. The van der Waals surface area contributed by atoms with Gasteiger partial charge in [0, 0.05) is 28.8 Å². The minimum atomic E-state index is -0.698. The molecule has 34 heavy (non-hydrogen) atoms. The van der Waals surface area contributed by atoms with Crippen LogP contribution in [0.1, 0.15) is 43.0 Å². The summed E-state index contributed by atoms with van der Waals surface area (Å²) < 4.78 is 1.81. The molecule has 1 aliphatic rings. The van der Waals surface area contributed by atoms with Gasteiger partial charge in [0.25, 0.3) is 0 Å². The molecule has 0 atom stereocenters. The SMILES string of the molecule is Cc1n[nH]c2c1c(C1CCC(C(=O)O)CC1)nc1c(-c3ccc(-c4ccccc4)nc3)cnn12. The third kappa shape index (κ3) is 3.34. The highest BCUT2D eigenvalue weighted by molar-refractivity contribution is 5.87. The number of aromatic nitrogens is 6. The number of carboxylic acid groups (broad SMARTS) is 1. The average Bonchev–Trinajstić information content (AvgIpc) is 3.48. The van der Waals surface area contributed by atoms with Crippen LogP contribution in [0.3, 0.4) is 0 Å². The van der Waals surface area contributed by atoms with Crippen LogP contribution in [-0.4, -0.2) is 40.9 Å². The highest BCUT2D eigenvalue weighted by atomic mass is 16.4. The molecule has 0 spiro atoms. The van der Waals surface area contributed by atoms with E-state index in [-0.39, 0.29) is 11.8 Å². The maximum absolute atomic E-state index is 11.4. The third-order valence-corrected chi connectivity index (χ3v) is 6.97. The van der Waals surface area contributed by atoms with Crippen LogP contribution in [0, 0.1) is 12.8 Å². The number of rotatable bonds is 4. The minimum Gasteiger partial charge on any atom is -0.481 e. The first kappa shape index (κ1) is 20.5. The van der Waals surface area contributed by atoms with E-state index in [4.69, 9.17) is 4.98 Å². The predicted molar refractivity (Wildman–Crippen MR) is 128 cm³/mol. The lowest BCUT2D eigenvalue weighted by Gasteiger charge is -2.26. The summed E-state index contributed by atoms with van der Waals surface area (Å²) in [4.78, 5) is 21.2. The number of pyridine rings is 1. The van der Waals surface area contributed by atoms with Crippen LogP contribution in [-0.2, 0) is 4.79 Å². The van der Waals surface area contributed by atoms with Crippen molar-refractivity contribution in [3.05, 3.63) is 66.2 Å². The molecule has 4 aromatic heterocycles. The van der Waals surface area contributed by atoms with Crippen molar-refractivity contribution in [3.8, 4) is 22.4 Å². The fraction of sp³-hybridized carbons (Fsp3) is 0.269. The van der Waals surface area contributed by atoms with Crippen molar-refractivity contribution in [1.82, 2.24) is 29.8 Å². The maximum Gasteiger partial charge on any atom is 0.306 e. The van der Waals surface area contributed by atoms with Crippen LogP contribution >= 0.6 is 0 Å². The molecule has 0 unspecified atom stereocenters. The van der Waals surface area contributed by atoms with E-state index in [9.17, 15) is 9.90 Å². The largest absolute Gasteiger partial charge is 0.481 e. The number of nitrogens with one attached hydrogen (secondary N) is 1. The number of benzene rings is 1. The van der Waals surface area contributed by atoms with Crippen molar-refractivity contribution >= 4 is 22.6 Å². The van der Waals surface area contributed by atoms with Crippen molar-refractivity contribution in [2.75, 3.05) is 0 Å². The Hall–Kier alpha value is -4.07. The van der Waals surface area contributed by atoms with Gasteiger partial charge in [0.2, 0.25) is 0 Å². The molecule has 8 heteroatoms. The molecule has 4 heterocycles. The van der Waals surface area contributed by atoms with Gasteiger partial charge >= 0.3 is 5.97 Å². The van der Waals surface area contributed by atoms with Crippen LogP contribution in [0.5, 0.6) is 0 Å². The molecule has 2 N–H and O–H groups in total. The van der Waals surface area contributed by atoms with Crippen molar-refractivity contribution in [3.63, 3.8) is 0 Å². The lowest BCUT2D eigenvalue weighted by Crippen LogP contribution is -2.21. The Morgan fingerprint density at radius 2 is 1.82 bits per heavy atom. The van der Waals surface area contributed by atoms with E-state index in [0.29, 0.717) is 12.8 Å². The third-order valence-electron chi connectivity index (χ3n) is 6.97. The Bertz CT molecular complexity index is 1500. The fourth-order valence-corrected chi connectivity index (χ4v) is 5.11. The zero-order valence-electron chi connectivity index (χ0n) is 18.8. The summed E-state index contributed by atoms with van der Waals surface area (Å²) in [6.07, 6.45) is 6.63. The molecule has 0 saturated heterocycles. The Morgan fingerprint density at radius 1 is 1.03 bits per heavy atom. The van der Waals surface area contributed by atoms with Gasteiger partial charge in [-0.2, -0.15) is 14.7 Å². The highest BCUT2D eigenvalue weighted by Crippen LogP contribution is 2.39. The van der Waals surface area contributed by atoms with Gasteiger partial charge in [-0.05, 0) is 38.7 Å². The second kappa shape index (κ2) is 8.06. The Labute approximate surface area is 195 Å². The van der Waals surface area contributed by atoms with Gasteiger partial charge in [-0.1, -0.05) is 36.4 Å². The first-order valence-electron chi connectivity index (χ1n) is 11.6. The standard InChI is InChI=1S/C26H24N6O2/c1-15-22-23(17-7-9-18(10-8-17)26(33)34)29-24-20(14-28-32(24)25(22)31-30-15)19-11-12-21(27-13-19)16-5-3-2-4-6-16/h2-6,11-14,17-18H,7-10H2,1H3,(H,30,31)(H,33,34). The van der Waals surface area contributed by atoms with E-state index in [1.54, 1.807) is 0 Å².